The molecule has 2 unspecified atom stereocenters. The third-order valence-corrected chi connectivity index (χ3v) is 6.49. The second kappa shape index (κ2) is 13.2. The molecule has 0 saturated carbocycles. The van der Waals surface area contributed by atoms with Crippen LogP contribution in [0.1, 0.15) is 56.0 Å². The van der Waals surface area contributed by atoms with Crippen LogP contribution in [-0.4, -0.2) is 51.2 Å². The number of aryl methyl sites for hydroxylation is 2. The highest BCUT2D eigenvalue weighted by Crippen LogP contribution is 2.29. The minimum atomic E-state index is -1.08. The molecule has 9 nitrogen and oxygen atoms in total. The second-order valence-electron chi connectivity index (χ2n) is 10.9. The summed E-state index contributed by atoms with van der Waals surface area (Å²) in [4.78, 5) is 42.3. The molecule has 2 atom stereocenters. The summed E-state index contributed by atoms with van der Waals surface area (Å²) in [6.07, 6.45) is -0.678. The van der Waals surface area contributed by atoms with Gasteiger partial charge in [0.2, 0.25) is 5.91 Å². The first-order valence-electron chi connectivity index (χ1n) is 13.5. The zero-order valence-corrected chi connectivity index (χ0v) is 24.4. The Hall–Kier alpha value is -4.53. The Kier molecular flexibility index (Phi) is 9.99. The molecule has 4 N–H and O–H groups in total. The molecule has 0 bridgehead atoms. The number of phenols is 2. The second-order valence-corrected chi connectivity index (χ2v) is 10.9. The minimum absolute atomic E-state index is 0.0676. The zero-order chi connectivity index (χ0) is 30.3. The fourth-order valence-electron chi connectivity index (χ4n) is 4.42. The lowest BCUT2D eigenvalue weighted by Gasteiger charge is -2.34. The van der Waals surface area contributed by atoms with E-state index in [-0.39, 0.29) is 24.5 Å². The van der Waals surface area contributed by atoms with E-state index in [0.717, 1.165) is 5.56 Å². The van der Waals surface area contributed by atoms with E-state index in [9.17, 15) is 24.6 Å². The van der Waals surface area contributed by atoms with Crippen molar-refractivity contribution in [1.82, 2.24) is 10.2 Å². The Bertz CT molecular complexity index is 1380. The van der Waals surface area contributed by atoms with Crippen LogP contribution < -0.4 is 10.6 Å². The van der Waals surface area contributed by atoms with Gasteiger partial charge in [-0.15, -0.1) is 0 Å². The Labute approximate surface area is 241 Å². The van der Waals surface area contributed by atoms with Crippen LogP contribution in [0.3, 0.4) is 0 Å². The first-order chi connectivity index (χ1) is 19.3. The van der Waals surface area contributed by atoms with Gasteiger partial charge in [0.15, 0.2) is 0 Å². The molecule has 9 heteroatoms. The van der Waals surface area contributed by atoms with Crippen molar-refractivity contribution < 1.29 is 29.3 Å². The molecule has 0 radical (unpaired) electrons. The van der Waals surface area contributed by atoms with Gasteiger partial charge >= 0.3 is 6.09 Å². The summed E-state index contributed by atoms with van der Waals surface area (Å²) >= 11 is 0. The number of alkyl carbamates (subject to hydrolysis) is 1. The van der Waals surface area contributed by atoms with Gasteiger partial charge in [-0.2, -0.15) is 0 Å². The third kappa shape index (κ3) is 8.48. The van der Waals surface area contributed by atoms with Crippen LogP contribution >= 0.6 is 0 Å². The van der Waals surface area contributed by atoms with Crippen molar-refractivity contribution in [1.29, 1.82) is 0 Å². The molecular weight excluding hydrogens is 522 g/mol. The van der Waals surface area contributed by atoms with E-state index in [1.165, 1.54) is 23.1 Å². The molecule has 0 aliphatic carbocycles. The average Bonchev–Trinajstić information content (AvgIpc) is 2.89. The fourth-order valence-corrected chi connectivity index (χ4v) is 4.42. The number of para-hydroxylation sites is 1. The maximum Gasteiger partial charge on any atom is 0.408 e. The van der Waals surface area contributed by atoms with Crippen LogP contribution in [0.4, 0.5) is 10.5 Å². The van der Waals surface area contributed by atoms with Crippen molar-refractivity contribution in [3.63, 3.8) is 0 Å². The van der Waals surface area contributed by atoms with Gasteiger partial charge in [-0.25, -0.2) is 4.79 Å². The lowest BCUT2D eigenvalue weighted by atomic mass is 9.98. The van der Waals surface area contributed by atoms with Gasteiger partial charge in [-0.3, -0.25) is 9.59 Å². The smallest absolute Gasteiger partial charge is 0.408 e. The SMILES string of the molecule is CCN(C(=O)C(Cc1ccc(O)cc1)NC(=O)OC(C)(C)C)C(C(=O)Nc1ccccc1C)c1ccc(O)c(C)c1. The Morgan fingerprint density at radius 3 is 2.17 bits per heavy atom. The number of benzene rings is 3. The van der Waals surface area contributed by atoms with Gasteiger partial charge in [-0.1, -0.05) is 36.4 Å². The van der Waals surface area contributed by atoms with Crippen LogP contribution in [0.15, 0.2) is 66.7 Å². The number of hydrogen-bond acceptors (Lipinski definition) is 6. The Morgan fingerprint density at radius 2 is 1.59 bits per heavy atom. The van der Waals surface area contributed by atoms with E-state index in [2.05, 4.69) is 10.6 Å². The molecule has 0 aliphatic rings. The minimum Gasteiger partial charge on any atom is -0.508 e. The van der Waals surface area contributed by atoms with Gasteiger partial charge in [-0.05, 0) is 94.1 Å². The van der Waals surface area contributed by atoms with Gasteiger partial charge in [0, 0.05) is 18.7 Å². The molecule has 3 rings (SSSR count). The molecule has 0 fully saturated rings. The van der Waals surface area contributed by atoms with Gasteiger partial charge in [0.25, 0.3) is 5.91 Å². The normalized spacial score (nSPS) is 12.6. The van der Waals surface area contributed by atoms with Crippen LogP contribution in [0.25, 0.3) is 0 Å². The Morgan fingerprint density at radius 1 is 0.927 bits per heavy atom. The van der Waals surface area contributed by atoms with Crippen LogP contribution in [0.5, 0.6) is 11.5 Å². The summed E-state index contributed by atoms with van der Waals surface area (Å²) in [7, 11) is 0. The van der Waals surface area contributed by atoms with E-state index in [1.807, 2.05) is 25.1 Å². The number of carbonyl (C=O) groups is 3. The maximum atomic E-state index is 14.2. The van der Waals surface area contributed by atoms with E-state index >= 15 is 0 Å². The van der Waals surface area contributed by atoms with Crippen LogP contribution in [-0.2, 0) is 20.7 Å². The summed E-state index contributed by atoms with van der Waals surface area (Å²) in [5.41, 5.74) is 2.41. The molecule has 41 heavy (non-hydrogen) atoms. The van der Waals surface area contributed by atoms with Crippen LogP contribution in [0, 0.1) is 13.8 Å². The number of amides is 3. The summed E-state index contributed by atoms with van der Waals surface area (Å²) in [6, 6.07) is 16.3. The third-order valence-electron chi connectivity index (χ3n) is 6.49. The number of aromatic hydroxyl groups is 2. The summed E-state index contributed by atoms with van der Waals surface area (Å²) in [5.74, 6) is -0.803. The van der Waals surface area contributed by atoms with E-state index in [0.29, 0.717) is 22.4 Å². The van der Waals surface area contributed by atoms with Gasteiger partial charge < -0.3 is 30.5 Å². The molecule has 0 saturated heterocycles. The van der Waals surface area contributed by atoms with E-state index < -0.39 is 35.6 Å². The predicted molar refractivity (Wildman–Crippen MR) is 158 cm³/mol. The number of nitrogens with one attached hydrogen (secondary N) is 2. The van der Waals surface area contributed by atoms with Gasteiger partial charge in [0.05, 0.1) is 0 Å². The standard InChI is InChI=1S/C32H39N3O6/c1-7-35(30(39)26(34-31(40)41-32(4,5)6)19-22-12-15-24(36)16-13-22)28(23-14-17-27(37)21(3)18-23)29(38)33-25-11-9-8-10-20(25)2/h8-18,26,28,36-37H,7,19H2,1-6H3,(H,33,38)(H,34,40). The fraction of sp³-hybridized carbons (Fsp3) is 0.344. The molecule has 3 aromatic carbocycles. The van der Waals surface area contributed by atoms with Crippen molar-refractivity contribution in [2.45, 2.75) is 65.6 Å². The lowest BCUT2D eigenvalue weighted by Crippen LogP contribution is -2.53. The highest BCUT2D eigenvalue weighted by molar-refractivity contribution is 5.99. The number of anilines is 1. The monoisotopic (exact) mass is 561 g/mol. The van der Waals surface area contributed by atoms with Crippen molar-refractivity contribution in [3.05, 3.63) is 89.0 Å². The first kappa shape index (κ1) is 31.0. The molecule has 3 aromatic rings. The van der Waals surface area contributed by atoms with E-state index in [1.54, 1.807) is 65.0 Å². The maximum absolute atomic E-state index is 14.2. The highest BCUT2D eigenvalue weighted by atomic mass is 16.6. The summed E-state index contributed by atoms with van der Waals surface area (Å²) in [6.45, 7) is 10.7. The van der Waals surface area contributed by atoms with Crippen molar-refractivity contribution in [2.75, 3.05) is 11.9 Å². The number of rotatable bonds is 9. The van der Waals surface area contributed by atoms with Crippen molar-refractivity contribution in [2.24, 2.45) is 0 Å². The van der Waals surface area contributed by atoms with Crippen LogP contribution in [0.2, 0.25) is 0 Å². The molecule has 0 aliphatic heterocycles. The first-order valence-corrected chi connectivity index (χ1v) is 13.5. The predicted octanol–water partition coefficient (Wildman–Crippen LogP) is 5.38. The number of ether oxygens (including phenoxy) is 1. The molecular formula is C32H39N3O6. The van der Waals surface area contributed by atoms with Gasteiger partial charge in [0.1, 0.15) is 29.2 Å². The quantitative estimate of drug-likeness (QED) is 0.278. The number of hydrogen-bond donors (Lipinski definition) is 4. The topological polar surface area (TPSA) is 128 Å². The lowest BCUT2D eigenvalue weighted by molar-refractivity contribution is -0.140. The Balaban J connectivity index is 2.04. The highest BCUT2D eigenvalue weighted by Gasteiger charge is 2.36. The molecule has 0 spiro atoms. The summed E-state index contributed by atoms with van der Waals surface area (Å²) in [5, 5.41) is 25.5. The number of nitrogens with zero attached hydrogens (tertiary/aromatic N) is 1. The van der Waals surface area contributed by atoms with Crippen molar-refractivity contribution in [3.8, 4) is 11.5 Å². The molecule has 0 heterocycles. The number of phenolic OH excluding ortho intramolecular Hbond substituents is 2. The molecule has 0 aromatic heterocycles. The molecule has 3 amide bonds. The van der Waals surface area contributed by atoms with E-state index in [4.69, 9.17) is 4.74 Å². The number of likely N-dealkylation sites (N-methyl/N-ethyl adjacent to an activating group) is 1. The number of carbonyl (C=O) groups excluding carboxylic acids is 3. The zero-order valence-electron chi connectivity index (χ0n) is 24.4. The average molecular weight is 562 g/mol. The molecule has 218 valence electrons. The van der Waals surface area contributed by atoms with Crippen molar-refractivity contribution >= 4 is 23.6 Å². The summed E-state index contributed by atoms with van der Waals surface area (Å²) < 4.78 is 5.43. The largest absolute Gasteiger partial charge is 0.508 e.